The molecule has 0 fully saturated rings. The minimum Gasteiger partial charge on any atom is -0.493 e. The molecule has 0 radical (unpaired) electrons. The molecular formula is C24H30N2O4S. The molecule has 1 aliphatic heterocycles. The minimum atomic E-state index is -0.561. The van der Waals surface area contributed by atoms with Crippen molar-refractivity contribution in [1.82, 2.24) is 10.2 Å². The van der Waals surface area contributed by atoms with E-state index in [0.29, 0.717) is 29.2 Å². The number of fused-ring (bicyclic) bond motifs is 1. The van der Waals surface area contributed by atoms with Crippen LogP contribution in [0.15, 0.2) is 41.3 Å². The lowest BCUT2D eigenvalue weighted by Gasteiger charge is -2.40. The highest BCUT2D eigenvalue weighted by Gasteiger charge is 2.43. The monoisotopic (exact) mass is 442 g/mol. The third kappa shape index (κ3) is 4.51. The van der Waals surface area contributed by atoms with Gasteiger partial charge in [0, 0.05) is 24.1 Å². The van der Waals surface area contributed by atoms with Gasteiger partial charge in [0.2, 0.25) is 5.91 Å². The molecule has 31 heavy (non-hydrogen) atoms. The highest BCUT2D eigenvalue weighted by atomic mass is 32.2. The summed E-state index contributed by atoms with van der Waals surface area (Å²) in [6.45, 7) is 2.69. The third-order valence-electron chi connectivity index (χ3n) is 5.74. The van der Waals surface area contributed by atoms with Crippen molar-refractivity contribution in [2.24, 2.45) is 0 Å². The predicted molar refractivity (Wildman–Crippen MR) is 123 cm³/mol. The van der Waals surface area contributed by atoms with Crippen molar-refractivity contribution in [1.29, 1.82) is 0 Å². The van der Waals surface area contributed by atoms with E-state index in [1.807, 2.05) is 30.5 Å². The molecule has 2 atom stereocenters. The maximum Gasteiger partial charge on any atom is 0.254 e. The zero-order chi connectivity index (χ0) is 22.5. The Morgan fingerprint density at radius 1 is 1.13 bits per heavy atom. The van der Waals surface area contributed by atoms with Crippen LogP contribution in [0.2, 0.25) is 0 Å². The number of benzene rings is 2. The van der Waals surface area contributed by atoms with Gasteiger partial charge >= 0.3 is 0 Å². The van der Waals surface area contributed by atoms with Gasteiger partial charge in [-0.15, -0.1) is 11.8 Å². The smallest absolute Gasteiger partial charge is 0.254 e. The highest BCUT2D eigenvalue weighted by Crippen LogP contribution is 2.45. The number of hydrogen-bond acceptors (Lipinski definition) is 5. The Balaban J connectivity index is 2.15. The SMILES string of the molecule is CCCCNC(=O)[C@H]1c2cc(OC)c(OC)cc2C(=O)N(C)[C@H]1c1ccc(SC)cc1. The summed E-state index contributed by atoms with van der Waals surface area (Å²) >= 11 is 1.65. The summed E-state index contributed by atoms with van der Waals surface area (Å²) in [6, 6.07) is 11.1. The Morgan fingerprint density at radius 3 is 2.35 bits per heavy atom. The van der Waals surface area contributed by atoms with E-state index in [9.17, 15) is 9.59 Å². The number of nitrogens with zero attached hydrogens (tertiary/aromatic N) is 1. The first-order chi connectivity index (χ1) is 15.0. The second-order valence-electron chi connectivity index (χ2n) is 7.55. The molecule has 1 N–H and O–H groups in total. The van der Waals surface area contributed by atoms with E-state index < -0.39 is 12.0 Å². The number of carbonyl (C=O) groups excluding carboxylic acids is 2. The van der Waals surface area contributed by atoms with Gasteiger partial charge in [0.25, 0.3) is 5.91 Å². The molecule has 3 rings (SSSR count). The Hall–Kier alpha value is -2.67. The van der Waals surface area contributed by atoms with E-state index in [4.69, 9.17) is 9.47 Å². The van der Waals surface area contributed by atoms with Crippen molar-refractivity contribution in [3.63, 3.8) is 0 Å². The Morgan fingerprint density at radius 2 is 1.77 bits per heavy atom. The fourth-order valence-corrected chi connectivity index (χ4v) is 4.46. The van der Waals surface area contributed by atoms with Crippen LogP contribution < -0.4 is 14.8 Å². The Bertz CT molecular complexity index is 945. The highest BCUT2D eigenvalue weighted by molar-refractivity contribution is 7.98. The molecule has 2 amide bonds. The molecule has 0 unspecified atom stereocenters. The van der Waals surface area contributed by atoms with E-state index in [2.05, 4.69) is 12.2 Å². The van der Waals surface area contributed by atoms with Crippen LogP contribution in [-0.4, -0.2) is 50.8 Å². The number of hydrogen-bond donors (Lipinski definition) is 1. The topological polar surface area (TPSA) is 67.9 Å². The van der Waals surface area contributed by atoms with Gasteiger partial charge in [0.15, 0.2) is 11.5 Å². The maximum atomic E-state index is 13.4. The summed E-state index contributed by atoms with van der Waals surface area (Å²) < 4.78 is 10.9. The molecule has 1 heterocycles. The average Bonchev–Trinajstić information content (AvgIpc) is 2.80. The van der Waals surface area contributed by atoms with E-state index in [1.54, 1.807) is 43.0 Å². The van der Waals surface area contributed by atoms with Crippen molar-refractivity contribution in [3.8, 4) is 11.5 Å². The van der Waals surface area contributed by atoms with Gasteiger partial charge in [0.1, 0.15) is 0 Å². The molecule has 7 heteroatoms. The number of thioether (sulfide) groups is 1. The van der Waals surface area contributed by atoms with Gasteiger partial charge in [0.05, 0.1) is 26.2 Å². The first kappa shape index (κ1) is 23.0. The molecule has 166 valence electrons. The first-order valence-corrected chi connectivity index (χ1v) is 11.6. The molecule has 2 aromatic carbocycles. The number of ether oxygens (including phenoxy) is 2. The van der Waals surface area contributed by atoms with Crippen LogP contribution in [0.5, 0.6) is 11.5 Å². The molecule has 1 aliphatic rings. The molecule has 6 nitrogen and oxygen atoms in total. The molecule has 0 saturated carbocycles. The first-order valence-electron chi connectivity index (χ1n) is 10.4. The summed E-state index contributed by atoms with van der Waals surface area (Å²) in [7, 11) is 4.84. The van der Waals surface area contributed by atoms with Crippen molar-refractivity contribution >= 4 is 23.6 Å². The number of rotatable bonds is 8. The number of methoxy groups -OCH3 is 2. The van der Waals surface area contributed by atoms with Crippen LogP contribution in [0.4, 0.5) is 0 Å². The van der Waals surface area contributed by atoms with Crippen molar-refractivity contribution in [2.75, 3.05) is 34.1 Å². The van der Waals surface area contributed by atoms with E-state index >= 15 is 0 Å². The van der Waals surface area contributed by atoms with Crippen molar-refractivity contribution < 1.29 is 19.1 Å². The minimum absolute atomic E-state index is 0.0970. The van der Waals surface area contributed by atoms with Crippen LogP contribution in [0.1, 0.15) is 53.2 Å². The van der Waals surface area contributed by atoms with Crippen molar-refractivity contribution in [3.05, 3.63) is 53.1 Å². The van der Waals surface area contributed by atoms with E-state index in [0.717, 1.165) is 23.3 Å². The van der Waals surface area contributed by atoms with Crippen molar-refractivity contribution in [2.45, 2.75) is 36.6 Å². The van der Waals surface area contributed by atoms with Gasteiger partial charge in [-0.3, -0.25) is 9.59 Å². The maximum absolute atomic E-state index is 13.4. The second-order valence-corrected chi connectivity index (χ2v) is 8.43. The van der Waals surface area contributed by atoms with Gasteiger partial charge in [-0.2, -0.15) is 0 Å². The predicted octanol–water partition coefficient (Wildman–Crippen LogP) is 4.25. The fourth-order valence-electron chi connectivity index (χ4n) is 4.05. The summed E-state index contributed by atoms with van der Waals surface area (Å²) in [4.78, 5) is 29.5. The number of unbranched alkanes of at least 4 members (excludes halogenated alkanes) is 1. The van der Waals surface area contributed by atoms with Gasteiger partial charge in [-0.1, -0.05) is 25.5 Å². The summed E-state index contributed by atoms with van der Waals surface area (Å²) in [6.07, 6.45) is 3.91. The molecule has 0 saturated heterocycles. The lowest BCUT2D eigenvalue weighted by molar-refractivity contribution is -0.124. The van der Waals surface area contributed by atoms with Crippen LogP contribution in [0.25, 0.3) is 0 Å². The van der Waals surface area contributed by atoms with E-state index in [1.165, 1.54) is 7.11 Å². The van der Waals surface area contributed by atoms with Crippen LogP contribution in [-0.2, 0) is 4.79 Å². The van der Waals surface area contributed by atoms with E-state index in [-0.39, 0.29) is 11.8 Å². The zero-order valence-corrected chi connectivity index (χ0v) is 19.5. The summed E-state index contributed by atoms with van der Waals surface area (Å²) in [5.41, 5.74) is 2.05. The van der Waals surface area contributed by atoms with Crippen LogP contribution in [0.3, 0.4) is 0 Å². The number of likely N-dealkylation sites (N-methyl/N-ethyl adjacent to an activating group) is 1. The summed E-state index contributed by atoms with van der Waals surface area (Å²) in [5, 5.41) is 3.06. The molecule has 0 aliphatic carbocycles. The van der Waals surface area contributed by atoms with Crippen LogP contribution in [0, 0.1) is 0 Å². The normalized spacial score (nSPS) is 17.8. The second kappa shape index (κ2) is 10.1. The lowest BCUT2D eigenvalue weighted by Crippen LogP contribution is -2.45. The number of carbonyl (C=O) groups is 2. The number of nitrogens with one attached hydrogen (secondary N) is 1. The van der Waals surface area contributed by atoms with Gasteiger partial charge in [-0.05, 0) is 48.1 Å². The Kier molecular flexibility index (Phi) is 7.49. The van der Waals surface area contributed by atoms with Crippen LogP contribution >= 0.6 is 11.8 Å². The number of amides is 2. The largest absolute Gasteiger partial charge is 0.493 e. The third-order valence-corrected chi connectivity index (χ3v) is 6.49. The molecule has 0 aromatic heterocycles. The Labute approximate surface area is 188 Å². The quantitative estimate of drug-likeness (QED) is 0.489. The molecule has 2 aromatic rings. The average molecular weight is 443 g/mol. The van der Waals surface area contributed by atoms with Gasteiger partial charge < -0.3 is 19.7 Å². The summed E-state index contributed by atoms with van der Waals surface area (Å²) in [5.74, 6) is 0.166. The molecule has 0 spiro atoms. The molecular weight excluding hydrogens is 412 g/mol. The molecule has 0 bridgehead atoms. The van der Waals surface area contributed by atoms with Gasteiger partial charge in [-0.25, -0.2) is 0 Å². The standard InChI is InChI=1S/C24H30N2O4S/c1-6-7-12-25-23(27)21-17-13-19(29-3)20(30-4)14-18(17)24(28)26(2)22(21)15-8-10-16(31-5)11-9-15/h8-11,13-14,21-22H,6-7,12H2,1-5H3,(H,25,27)/t21-,22-/m0/s1. The fraction of sp³-hybridized carbons (Fsp3) is 0.417. The zero-order valence-electron chi connectivity index (χ0n) is 18.7. The lowest BCUT2D eigenvalue weighted by atomic mass is 9.79.